The van der Waals surface area contributed by atoms with Gasteiger partial charge >= 0.3 is 5.69 Å². The topological polar surface area (TPSA) is 73.4 Å². The van der Waals surface area contributed by atoms with Gasteiger partial charge in [-0.2, -0.15) is 5.26 Å². The van der Waals surface area contributed by atoms with E-state index in [1.807, 2.05) is 0 Å². The summed E-state index contributed by atoms with van der Waals surface area (Å²) >= 11 is 0. The van der Waals surface area contributed by atoms with Gasteiger partial charge in [-0.1, -0.05) is 0 Å². The molecule has 2 saturated heterocycles. The molecule has 10 heteroatoms. The van der Waals surface area contributed by atoms with Crippen LogP contribution in [0.25, 0.3) is 0 Å². The number of hydrogen-bond donors (Lipinski definition) is 0. The Morgan fingerprint density at radius 1 is 1.04 bits per heavy atom. The molecule has 0 radical (unpaired) electrons. The number of benzene rings is 1. The maximum atomic E-state index is 13.8. The van der Waals surface area contributed by atoms with Crippen molar-refractivity contribution < 1.29 is 22.5 Å². The third kappa shape index (κ3) is 4.07. The first-order chi connectivity index (χ1) is 12.6. The van der Waals surface area contributed by atoms with Gasteiger partial charge in [-0.3, -0.25) is 10.1 Å². The summed E-state index contributed by atoms with van der Waals surface area (Å²) in [4.78, 5) is 13.2. The molecule has 0 amide bonds. The van der Waals surface area contributed by atoms with E-state index in [-0.39, 0.29) is 49.2 Å². The summed E-state index contributed by atoms with van der Waals surface area (Å²) in [6, 6.07) is 4.17. The van der Waals surface area contributed by atoms with Crippen LogP contribution in [0.15, 0.2) is 12.1 Å². The van der Waals surface area contributed by atoms with Crippen LogP contribution in [0, 0.1) is 21.4 Å². The maximum absolute atomic E-state index is 13.8. The van der Waals surface area contributed by atoms with Crippen LogP contribution < -0.4 is 9.80 Å². The fraction of sp³-hybridized carbons (Fsp3) is 0.588. The maximum Gasteiger partial charge on any atom is 0.310 e. The Morgan fingerprint density at radius 2 is 1.59 bits per heavy atom. The molecule has 3 rings (SSSR count). The van der Waals surface area contributed by atoms with Crippen LogP contribution in [-0.2, 0) is 0 Å². The summed E-state index contributed by atoms with van der Waals surface area (Å²) in [6.45, 7) is -0.821. The first kappa shape index (κ1) is 19.2. The van der Waals surface area contributed by atoms with Gasteiger partial charge in [0.1, 0.15) is 17.3 Å². The molecule has 0 bridgehead atoms. The Kier molecular flexibility index (Phi) is 4.88. The average molecular weight is 386 g/mol. The molecule has 0 N–H and O–H groups in total. The monoisotopic (exact) mass is 386 g/mol. The lowest BCUT2D eigenvalue weighted by Gasteiger charge is -2.36. The number of nitro groups is 1. The lowest BCUT2D eigenvalue weighted by molar-refractivity contribution is -0.384. The number of nitrogens with zero attached hydrogens (tertiary/aromatic N) is 4. The normalized spacial score (nSPS) is 21.6. The van der Waals surface area contributed by atoms with Crippen LogP contribution in [0.3, 0.4) is 0 Å². The number of hydrogen-bond acceptors (Lipinski definition) is 5. The van der Waals surface area contributed by atoms with Gasteiger partial charge in [0.05, 0.1) is 18.0 Å². The molecule has 2 heterocycles. The zero-order valence-corrected chi connectivity index (χ0v) is 14.4. The van der Waals surface area contributed by atoms with Crippen molar-refractivity contribution >= 4 is 17.1 Å². The Balaban J connectivity index is 2.07. The summed E-state index contributed by atoms with van der Waals surface area (Å²) in [5.41, 5.74) is -0.805. The third-order valence-electron chi connectivity index (χ3n) is 4.87. The first-order valence-electron chi connectivity index (χ1n) is 8.60. The van der Waals surface area contributed by atoms with Crippen LogP contribution in [0.1, 0.15) is 31.2 Å². The number of rotatable bonds is 3. The average Bonchev–Trinajstić information content (AvgIpc) is 2.58. The molecule has 1 aromatic carbocycles. The zero-order valence-electron chi connectivity index (χ0n) is 14.4. The molecule has 2 aliphatic rings. The SMILES string of the molecule is N#Cc1cc(N2CCCC(F)(F)C2)cc(N2CCCC(F)(F)C2)c1[N+](=O)[O-]. The molecule has 1 aromatic rings. The van der Waals surface area contributed by atoms with E-state index in [2.05, 4.69) is 0 Å². The van der Waals surface area contributed by atoms with Crippen LogP contribution in [0.5, 0.6) is 0 Å². The summed E-state index contributed by atoms with van der Waals surface area (Å²) < 4.78 is 55.2. The fourth-order valence-electron chi connectivity index (χ4n) is 3.66. The summed E-state index contributed by atoms with van der Waals surface area (Å²) in [5, 5.41) is 20.8. The van der Waals surface area contributed by atoms with Crippen molar-refractivity contribution in [3.8, 4) is 6.07 Å². The minimum atomic E-state index is -3.01. The highest BCUT2D eigenvalue weighted by Crippen LogP contribution is 2.41. The quantitative estimate of drug-likeness (QED) is 0.447. The van der Waals surface area contributed by atoms with Crippen LogP contribution >= 0.6 is 0 Å². The van der Waals surface area contributed by atoms with Crippen molar-refractivity contribution in [1.29, 1.82) is 5.26 Å². The van der Waals surface area contributed by atoms with E-state index in [1.54, 1.807) is 6.07 Å². The van der Waals surface area contributed by atoms with Gasteiger partial charge in [0, 0.05) is 31.6 Å². The number of piperidine rings is 2. The molecule has 0 saturated carbocycles. The minimum absolute atomic E-state index is 0.123. The standard InChI is InChI=1S/C17H18F4N4O2/c18-16(19)3-1-5-23(10-16)13-7-12(9-22)15(25(26)27)14(8-13)24-6-2-4-17(20,21)11-24/h7-8H,1-6,10-11H2. The smallest absolute Gasteiger partial charge is 0.310 e. The van der Waals surface area contributed by atoms with E-state index in [0.29, 0.717) is 6.54 Å². The Morgan fingerprint density at radius 3 is 2.11 bits per heavy atom. The van der Waals surface area contributed by atoms with Crippen molar-refractivity contribution in [2.24, 2.45) is 0 Å². The molecule has 2 aliphatic heterocycles. The number of nitro benzene ring substituents is 1. The van der Waals surface area contributed by atoms with Crippen LogP contribution in [0.2, 0.25) is 0 Å². The highest BCUT2D eigenvalue weighted by Gasteiger charge is 2.39. The number of halogens is 4. The minimum Gasteiger partial charge on any atom is -0.365 e. The van der Waals surface area contributed by atoms with E-state index in [1.165, 1.54) is 21.9 Å². The predicted molar refractivity (Wildman–Crippen MR) is 90.6 cm³/mol. The third-order valence-corrected chi connectivity index (χ3v) is 4.87. The highest BCUT2D eigenvalue weighted by molar-refractivity contribution is 5.76. The van der Waals surface area contributed by atoms with Crippen LogP contribution in [0.4, 0.5) is 34.6 Å². The zero-order chi connectivity index (χ0) is 19.8. The summed E-state index contributed by atoms with van der Waals surface area (Å²) in [5.74, 6) is -5.92. The first-order valence-corrected chi connectivity index (χ1v) is 8.60. The molecular formula is C17H18F4N4O2. The predicted octanol–water partition coefficient (Wildman–Crippen LogP) is 3.94. The van der Waals surface area contributed by atoms with Gasteiger partial charge in [-0.25, -0.2) is 17.6 Å². The lowest BCUT2D eigenvalue weighted by Crippen LogP contribution is -2.44. The molecule has 6 nitrogen and oxygen atoms in total. The summed E-state index contributed by atoms with van der Waals surface area (Å²) in [6.07, 6.45) is -0.214. The van der Waals surface area contributed by atoms with E-state index < -0.39 is 35.5 Å². The van der Waals surface area contributed by atoms with Gasteiger partial charge in [-0.15, -0.1) is 0 Å². The Hall–Kier alpha value is -2.57. The summed E-state index contributed by atoms with van der Waals surface area (Å²) in [7, 11) is 0. The van der Waals surface area contributed by atoms with Crippen molar-refractivity contribution in [3.63, 3.8) is 0 Å². The second-order valence-electron chi connectivity index (χ2n) is 6.99. The van der Waals surface area contributed by atoms with Gasteiger partial charge in [-0.05, 0) is 25.0 Å². The van der Waals surface area contributed by atoms with Gasteiger partial charge in [0.15, 0.2) is 0 Å². The molecule has 0 atom stereocenters. The lowest BCUT2D eigenvalue weighted by atomic mass is 10.0. The molecule has 0 unspecified atom stereocenters. The molecule has 2 fully saturated rings. The molecule has 0 aromatic heterocycles. The molecular weight excluding hydrogens is 368 g/mol. The fourth-order valence-corrected chi connectivity index (χ4v) is 3.66. The number of alkyl halides is 4. The van der Waals surface area contributed by atoms with Gasteiger partial charge < -0.3 is 9.80 Å². The highest BCUT2D eigenvalue weighted by atomic mass is 19.3. The van der Waals surface area contributed by atoms with E-state index in [9.17, 15) is 32.9 Å². The molecule has 0 aliphatic carbocycles. The van der Waals surface area contributed by atoms with Crippen molar-refractivity contribution in [3.05, 3.63) is 27.8 Å². The van der Waals surface area contributed by atoms with Gasteiger partial charge in [0.25, 0.3) is 11.8 Å². The van der Waals surface area contributed by atoms with E-state index >= 15 is 0 Å². The largest absolute Gasteiger partial charge is 0.365 e. The molecule has 27 heavy (non-hydrogen) atoms. The Bertz CT molecular complexity index is 794. The number of nitriles is 1. The molecule has 0 spiro atoms. The van der Waals surface area contributed by atoms with Crippen molar-refractivity contribution in [1.82, 2.24) is 0 Å². The van der Waals surface area contributed by atoms with E-state index in [4.69, 9.17) is 0 Å². The van der Waals surface area contributed by atoms with Gasteiger partial charge in [0.2, 0.25) is 0 Å². The van der Waals surface area contributed by atoms with Crippen molar-refractivity contribution in [2.45, 2.75) is 37.5 Å². The second kappa shape index (κ2) is 6.87. The Labute approximate surface area is 153 Å². The van der Waals surface area contributed by atoms with E-state index in [0.717, 1.165) is 0 Å². The van der Waals surface area contributed by atoms with Crippen LogP contribution in [-0.4, -0.2) is 42.9 Å². The van der Waals surface area contributed by atoms with Crippen molar-refractivity contribution in [2.75, 3.05) is 36.0 Å². The molecule has 146 valence electrons. The second-order valence-corrected chi connectivity index (χ2v) is 6.99. The number of anilines is 2.